The average Bonchev–Trinajstić information content (AvgIpc) is 2.92. The first-order valence-electron chi connectivity index (χ1n) is 11.8. The van der Waals surface area contributed by atoms with Gasteiger partial charge in [-0.05, 0) is 49.2 Å². The van der Waals surface area contributed by atoms with Crippen molar-refractivity contribution >= 4 is 33.2 Å². The summed E-state index contributed by atoms with van der Waals surface area (Å²) < 4.78 is 31.7. The third kappa shape index (κ3) is 5.52. The number of benzene rings is 3. The SMILES string of the molecule is CCS(=O)(=O)N(C)c1cccc(C(=O)N2C[C@H](C(=O)NCCc3ccccc3)Oc3ccccc32)c1. The molecule has 1 aliphatic rings. The van der Waals surface area contributed by atoms with E-state index in [0.717, 1.165) is 5.56 Å². The number of nitrogens with one attached hydrogen (secondary N) is 1. The fourth-order valence-electron chi connectivity index (χ4n) is 4.00. The summed E-state index contributed by atoms with van der Waals surface area (Å²) in [6, 6.07) is 23.3. The number of nitrogens with zero attached hydrogens (tertiary/aromatic N) is 2. The van der Waals surface area contributed by atoms with Crippen LogP contribution in [0.5, 0.6) is 5.75 Å². The van der Waals surface area contributed by atoms with Gasteiger partial charge in [-0.3, -0.25) is 13.9 Å². The maximum absolute atomic E-state index is 13.6. The Bertz CT molecular complexity index is 1340. The lowest BCUT2D eigenvalue weighted by Gasteiger charge is -2.34. The number of para-hydroxylation sites is 2. The molecule has 1 N–H and O–H groups in total. The lowest BCUT2D eigenvalue weighted by molar-refractivity contribution is -0.127. The Morgan fingerprint density at radius 1 is 1.03 bits per heavy atom. The maximum atomic E-state index is 13.6. The molecular formula is C27H29N3O5S. The van der Waals surface area contributed by atoms with Gasteiger partial charge in [-0.2, -0.15) is 0 Å². The molecule has 0 saturated carbocycles. The molecule has 1 aliphatic heterocycles. The van der Waals surface area contributed by atoms with Gasteiger partial charge in [0.25, 0.3) is 11.8 Å². The van der Waals surface area contributed by atoms with Crippen LogP contribution < -0.4 is 19.3 Å². The van der Waals surface area contributed by atoms with Gasteiger partial charge in [0.15, 0.2) is 6.10 Å². The molecule has 0 unspecified atom stereocenters. The van der Waals surface area contributed by atoms with E-state index in [1.165, 1.54) is 16.3 Å². The number of sulfonamides is 1. The first-order chi connectivity index (χ1) is 17.3. The number of ether oxygens (including phenoxy) is 1. The molecule has 2 amide bonds. The number of amides is 2. The van der Waals surface area contributed by atoms with E-state index < -0.39 is 16.1 Å². The first kappa shape index (κ1) is 25.2. The van der Waals surface area contributed by atoms with Crippen molar-refractivity contribution in [1.82, 2.24) is 5.32 Å². The fraction of sp³-hybridized carbons (Fsp3) is 0.259. The van der Waals surface area contributed by atoms with Crippen LogP contribution in [0.4, 0.5) is 11.4 Å². The molecule has 3 aromatic carbocycles. The minimum Gasteiger partial charge on any atom is -0.477 e. The highest BCUT2D eigenvalue weighted by atomic mass is 32.2. The van der Waals surface area contributed by atoms with Gasteiger partial charge >= 0.3 is 0 Å². The molecule has 0 bridgehead atoms. The summed E-state index contributed by atoms with van der Waals surface area (Å²) in [5.41, 5.74) is 2.36. The van der Waals surface area contributed by atoms with E-state index in [1.807, 2.05) is 30.3 Å². The van der Waals surface area contributed by atoms with Gasteiger partial charge in [0.2, 0.25) is 10.0 Å². The summed E-state index contributed by atoms with van der Waals surface area (Å²) in [5, 5.41) is 2.90. The zero-order valence-corrected chi connectivity index (χ0v) is 21.1. The molecule has 0 aromatic heterocycles. The van der Waals surface area contributed by atoms with Gasteiger partial charge in [-0.1, -0.05) is 48.5 Å². The Kier molecular flexibility index (Phi) is 7.59. The number of carbonyl (C=O) groups excluding carboxylic acids is 2. The van der Waals surface area contributed by atoms with Crippen molar-refractivity contribution in [2.24, 2.45) is 0 Å². The Morgan fingerprint density at radius 3 is 2.50 bits per heavy atom. The minimum atomic E-state index is -3.48. The fourth-order valence-corrected chi connectivity index (χ4v) is 4.82. The smallest absolute Gasteiger partial charge is 0.262 e. The van der Waals surface area contributed by atoms with Crippen molar-refractivity contribution in [1.29, 1.82) is 0 Å². The summed E-state index contributed by atoms with van der Waals surface area (Å²) in [7, 11) is -2.02. The second kappa shape index (κ2) is 10.8. The summed E-state index contributed by atoms with van der Waals surface area (Å²) in [6.07, 6.45) is -0.203. The molecule has 0 saturated heterocycles. The van der Waals surface area contributed by atoms with Crippen molar-refractivity contribution in [2.75, 3.05) is 35.1 Å². The third-order valence-electron chi connectivity index (χ3n) is 6.11. The van der Waals surface area contributed by atoms with Crippen LogP contribution in [0.3, 0.4) is 0 Å². The largest absolute Gasteiger partial charge is 0.477 e. The minimum absolute atomic E-state index is 0.0281. The highest BCUT2D eigenvalue weighted by molar-refractivity contribution is 7.92. The lowest BCUT2D eigenvalue weighted by Crippen LogP contribution is -2.51. The van der Waals surface area contributed by atoms with Crippen LogP contribution in [0.2, 0.25) is 0 Å². The normalized spacial score (nSPS) is 14.9. The molecule has 0 fully saturated rings. The average molecular weight is 508 g/mol. The van der Waals surface area contributed by atoms with E-state index in [1.54, 1.807) is 55.5 Å². The van der Waals surface area contributed by atoms with Crippen molar-refractivity contribution in [3.8, 4) is 5.75 Å². The molecule has 9 heteroatoms. The molecule has 188 valence electrons. The van der Waals surface area contributed by atoms with Crippen LogP contribution in [-0.4, -0.2) is 52.2 Å². The topological polar surface area (TPSA) is 96.0 Å². The predicted octanol–water partition coefficient (Wildman–Crippen LogP) is 3.24. The van der Waals surface area contributed by atoms with Crippen molar-refractivity contribution in [3.05, 3.63) is 90.0 Å². The monoisotopic (exact) mass is 507 g/mol. The number of fused-ring (bicyclic) bond motifs is 1. The standard InChI is InChI=1S/C27H29N3O5S/c1-3-36(33,34)29(2)22-13-9-12-21(18-22)27(32)30-19-25(35-24-15-8-7-14-23(24)30)26(31)28-17-16-20-10-5-4-6-11-20/h4-15,18,25H,3,16-17,19H2,1-2H3,(H,28,31)/t25-/m1/s1. The summed E-state index contributed by atoms with van der Waals surface area (Å²) in [6.45, 7) is 2.04. The molecule has 36 heavy (non-hydrogen) atoms. The van der Waals surface area contributed by atoms with Gasteiger partial charge < -0.3 is 15.0 Å². The molecule has 0 spiro atoms. The predicted molar refractivity (Wildman–Crippen MR) is 140 cm³/mol. The van der Waals surface area contributed by atoms with Crippen molar-refractivity contribution in [3.63, 3.8) is 0 Å². The van der Waals surface area contributed by atoms with Gasteiger partial charge in [-0.15, -0.1) is 0 Å². The zero-order valence-electron chi connectivity index (χ0n) is 20.3. The first-order valence-corrected chi connectivity index (χ1v) is 13.4. The van der Waals surface area contributed by atoms with Crippen LogP contribution in [0, 0.1) is 0 Å². The highest BCUT2D eigenvalue weighted by Gasteiger charge is 2.34. The number of rotatable bonds is 8. The van der Waals surface area contributed by atoms with Gasteiger partial charge in [0, 0.05) is 19.2 Å². The summed E-state index contributed by atoms with van der Waals surface area (Å²) in [5.74, 6) is -0.278. The van der Waals surface area contributed by atoms with E-state index in [4.69, 9.17) is 4.74 Å². The van der Waals surface area contributed by atoms with Crippen molar-refractivity contribution in [2.45, 2.75) is 19.4 Å². The van der Waals surface area contributed by atoms with Crippen LogP contribution >= 0.6 is 0 Å². The van der Waals surface area contributed by atoms with E-state index in [-0.39, 0.29) is 24.1 Å². The number of hydrogen-bond acceptors (Lipinski definition) is 5. The zero-order chi connectivity index (χ0) is 25.7. The Morgan fingerprint density at radius 2 is 1.75 bits per heavy atom. The Hall–Kier alpha value is -3.85. The molecule has 1 heterocycles. The Balaban J connectivity index is 1.53. The van der Waals surface area contributed by atoms with Crippen LogP contribution in [0.15, 0.2) is 78.9 Å². The van der Waals surface area contributed by atoms with Crippen LogP contribution in [0.1, 0.15) is 22.8 Å². The number of anilines is 2. The quantitative estimate of drug-likeness (QED) is 0.505. The van der Waals surface area contributed by atoms with Crippen molar-refractivity contribution < 1.29 is 22.7 Å². The second-order valence-corrected chi connectivity index (χ2v) is 10.7. The maximum Gasteiger partial charge on any atom is 0.262 e. The van der Waals surface area contributed by atoms with Crippen LogP contribution in [0.25, 0.3) is 0 Å². The molecule has 8 nitrogen and oxygen atoms in total. The summed E-state index contributed by atoms with van der Waals surface area (Å²) >= 11 is 0. The molecule has 0 radical (unpaired) electrons. The second-order valence-electron chi connectivity index (χ2n) is 8.43. The molecule has 3 aromatic rings. The molecule has 0 aliphatic carbocycles. The Labute approximate surface area is 211 Å². The van der Waals surface area contributed by atoms with Gasteiger partial charge in [0.05, 0.1) is 23.7 Å². The molecule has 4 rings (SSSR count). The van der Waals surface area contributed by atoms with E-state index >= 15 is 0 Å². The van der Waals surface area contributed by atoms with Crippen LogP contribution in [-0.2, 0) is 21.2 Å². The number of carbonyl (C=O) groups is 2. The highest BCUT2D eigenvalue weighted by Crippen LogP contribution is 2.34. The molecule has 1 atom stereocenters. The summed E-state index contributed by atoms with van der Waals surface area (Å²) in [4.78, 5) is 28.0. The third-order valence-corrected chi connectivity index (χ3v) is 7.88. The van der Waals surface area contributed by atoms with E-state index in [0.29, 0.717) is 35.7 Å². The van der Waals surface area contributed by atoms with Gasteiger partial charge in [-0.25, -0.2) is 8.42 Å². The lowest BCUT2D eigenvalue weighted by atomic mass is 10.1. The van der Waals surface area contributed by atoms with E-state index in [2.05, 4.69) is 5.32 Å². The van der Waals surface area contributed by atoms with E-state index in [9.17, 15) is 18.0 Å². The molecular weight excluding hydrogens is 478 g/mol. The number of hydrogen-bond donors (Lipinski definition) is 1. The van der Waals surface area contributed by atoms with Gasteiger partial charge in [0.1, 0.15) is 5.75 Å².